The van der Waals surface area contributed by atoms with Gasteiger partial charge < -0.3 is 14.5 Å². The van der Waals surface area contributed by atoms with Crippen molar-refractivity contribution in [3.63, 3.8) is 0 Å². The average Bonchev–Trinajstić information content (AvgIpc) is 2.92. The van der Waals surface area contributed by atoms with Crippen LogP contribution >= 0.6 is 0 Å². The number of hydrogen-bond acceptors (Lipinski definition) is 3. The lowest BCUT2D eigenvalue weighted by Crippen LogP contribution is -2.04. The van der Waals surface area contributed by atoms with Crippen molar-refractivity contribution in [2.24, 2.45) is 0 Å². The maximum atomic E-state index is 12.2. The van der Waals surface area contributed by atoms with E-state index in [2.05, 4.69) is 17.1 Å². The van der Waals surface area contributed by atoms with Crippen LogP contribution in [-0.4, -0.2) is 25.2 Å². The molecule has 0 unspecified atom stereocenters. The van der Waals surface area contributed by atoms with Crippen LogP contribution in [0, 0.1) is 6.92 Å². The predicted molar refractivity (Wildman–Crippen MR) is 90.2 cm³/mol. The van der Waals surface area contributed by atoms with Crippen molar-refractivity contribution in [3.8, 4) is 5.75 Å². The zero-order valence-electron chi connectivity index (χ0n) is 13.5. The van der Waals surface area contributed by atoms with Gasteiger partial charge in [-0.05, 0) is 24.6 Å². The summed E-state index contributed by atoms with van der Waals surface area (Å²) in [5.74, 6) is 0.432. The lowest BCUT2D eigenvalue weighted by atomic mass is 9.97. The Kier molecular flexibility index (Phi) is 4.06. The van der Waals surface area contributed by atoms with Crippen molar-refractivity contribution in [3.05, 3.63) is 64.8 Å². The van der Waals surface area contributed by atoms with E-state index in [9.17, 15) is 4.79 Å². The molecule has 1 heterocycles. The SMILES string of the molecule is COC(=O)c1c(C)[nH]c2ccc(OC)c(Cc3ccccc3)c12. The molecule has 0 fully saturated rings. The zero-order chi connectivity index (χ0) is 16.4. The van der Waals surface area contributed by atoms with Crippen LogP contribution in [0.3, 0.4) is 0 Å². The van der Waals surface area contributed by atoms with Gasteiger partial charge in [0.2, 0.25) is 0 Å². The topological polar surface area (TPSA) is 51.3 Å². The van der Waals surface area contributed by atoms with Crippen molar-refractivity contribution in [1.29, 1.82) is 0 Å². The number of esters is 1. The standard InChI is InChI=1S/C19H19NO3/c1-12-17(19(21)23-3)18-14(11-13-7-5-4-6-8-13)16(22-2)10-9-15(18)20-12/h4-10,20H,11H2,1-3H3. The molecule has 1 N–H and O–H groups in total. The van der Waals surface area contributed by atoms with Gasteiger partial charge in [0, 0.05) is 28.6 Å². The fraction of sp³-hybridized carbons (Fsp3) is 0.211. The number of rotatable bonds is 4. The lowest BCUT2D eigenvalue weighted by Gasteiger charge is -2.11. The van der Waals surface area contributed by atoms with E-state index in [1.54, 1.807) is 7.11 Å². The van der Waals surface area contributed by atoms with Crippen LogP contribution in [0.1, 0.15) is 27.2 Å². The number of ether oxygens (including phenoxy) is 2. The van der Waals surface area contributed by atoms with Crippen LogP contribution in [0.4, 0.5) is 0 Å². The number of carbonyl (C=O) groups excluding carboxylic acids is 1. The van der Waals surface area contributed by atoms with Crippen LogP contribution in [0.2, 0.25) is 0 Å². The van der Waals surface area contributed by atoms with Crippen LogP contribution in [0.25, 0.3) is 10.9 Å². The summed E-state index contributed by atoms with van der Waals surface area (Å²) in [5.41, 5.74) is 4.44. The first-order valence-corrected chi connectivity index (χ1v) is 7.46. The molecule has 3 rings (SSSR count). The Morgan fingerprint density at radius 1 is 1.09 bits per heavy atom. The van der Waals surface area contributed by atoms with E-state index in [1.165, 1.54) is 7.11 Å². The number of aromatic amines is 1. The van der Waals surface area contributed by atoms with Gasteiger partial charge in [-0.2, -0.15) is 0 Å². The number of carbonyl (C=O) groups is 1. The highest BCUT2D eigenvalue weighted by Crippen LogP contribution is 2.34. The second kappa shape index (κ2) is 6.16. The molecule has 0 amide bonds. The lowest BCUT2D eigenvalue weighted by molar-refractivity contribution is 0.0602. The molecule has 2 aromatic carbocycles. The highest BCUT2D eigenvalue weighted by Gasteiger charge is 2.21. The summed E-state index contributed by atoms with van der Waals surface area (Å²) in [5, 5.41) is 0.873. The minimum atomic E-state index is -0.337. The molecular formula is C19H19NO3. The quantitative estimate of drug-likeness (QED) is 0.744. The van der Waals surface area contributed by atoms with Crippen molar-refractivity contribution in [2.75, 3.05) is 14.2 Å². The molecule has 0 bridgehead atoms. The Morgan fingerprint density at radius 2 is 1.83 bits per heavy atom. The Morgan fingerprint density at radius 3 is 2.48 bits per heavy atom. The van der Waals surface area contributed by atoms with Crippen molar-refractivity contribution in [2.45, 2.75) is 13.3 Å². The zero-order valence-corrected chi connectivity index (χ0v) is 13.5. The van der Waals surface area contributed by atoms with E-state index in [-0.39, 0.29) is 5.97 Å². The van der Waals surface area contributed by atoms with Crippen molar-refractivity contribution >= 4 is 16.9 Å². The average molecular weight is 309 g/mol. The van der Waals surface area contributed by atoms with E-state index in [0.29, 0.717) is 12.0 Å². The molecule has 0 atom stereocenters. The van der Waals surface area contributed by atoms with Crippen LogP contribution in [0.15, 0.2) is 42.5 Å². The first-order valence-electron chi connectivity index (χ1n) is 7.46. The van der Waals surface area contributed by atoms with Crippen LogP contribution < -0.4 is 4.74 Å². The minimum Gasteiger partial charge on any atom is -0.496 e. The molecular weight excluding hydrogens is 290 g/mol. The fourth-order valence-electron chi connectivity index (χ4n) is 2.99. The van der Waals surface area contributed by atoms with Gasteiger partial charge in [-0.1, -0.05) is 30.3 Å². The third kappa shape index (κ3) is 2.68. The Labute approximate surface area is 135 Å². The van der Waals surface area contributed by atoms with Gasteiger partial charge in [0.1, 0.15) is 5.75 Å². The molecule has 23 heavy (non-hydrogen) atoms. The highest BCUT2D eigenvalue weighted by atomic mass is 16.5. The maximum absolute atomic E-state index is 12.2. The first kappa shape index (κ1) is 15.2. The maximum Gasteiger partial charge on any atom is 0.340 e. The number of nitrogens with one attached hydrogen (secondary N) is 1. The molecule has 118 valence electrons. The van der Waals surface area contributed by atoms with E-state index in [1.807, 2.05) is 37.3 Å². The smallest absolute Gasteiger partial charge is 0.340 e. The number of benzene rings is 2. The summed E-state index contributed by atoms with van der Waals surface area (Å²) < 4.78 is 10.5. The van der Waals surface area contributed by atoms with Gasteiger partial charge in [-0.25, -0.2) is 4.79 Å². The minimum absolute atomic E-state index is 0.337. The highest BCUT2D eigenvalue weighted by molar-refractivity contribution is 6.07. The number of hydrogen-bond donors (Lipinski definition) is 1. The van der Waals surface area contributed by atoms with Gasteiger partial charge in [0.25, 0.3) is 0 Å². The van der Waals surface area contributed by atoms with E-state index in [4.69, 9.17) is 9.47 Å². The third-order valence-corrected chi connectivity index (χ3v) is 4.05. The molecule has 0 radical (unpaired) electrons. The summed E-state index contributed by atoms with van der Waals surface area (Å²) in [6.45, 7) is 1.88. The number of fused-ring (bicyclic) bond motifs is 1. The molecule has 0 aliphatic carbocycles. The van der Waals surface area contributed by atoms with Gasteiger partial charge in [-0.15, -0.1) is 0 Å². The largest absolute Gasteiger partial charge is 0.496 e. The van der Waals surface area contributed by atoms with Gasteiger partial charge >= 0.3 is 5.97 Å². The molecule has 0 aliphatic heterocycles. The molecule has 0 aliphatic rings. The Balaban J connectivity index is 2.26. The summed E-state index contributed by atoms with van der Waals surface area (Å²) in [6, 6.07) is 14.0. The van der Waals surface area contributed by atoms with E-state index >= 15 is 0 Å². The predicted octanol–water partition coefficient (Wildman–Crippen LogP) is 3.86. The number of aromatic nitrogens is 1. The number of aryl methyl sites for hydroxylation is 1. The molecule has 1 aromatic heterocycles. The fourth-order valence-corrected chi connectivity index (χ4v) is 2.99. The normalized spacial score (nSPS) is 10.7. The number of methoxy groups -OCH3 is 2. The van der Waals surface area contributed by atoms with Crippen molar-refractivity contribution in [1.82, 2.24) is 4.98 Å². The first-order chi connectivity index (χ1) is 11.2. The Hall–Kier alpha value is -2.75. The number of H-pyrrole nitrogens is 1. The van der Waals surface area contributed by atoms with E-state index in [0.717, 1.165) is 33.5 Å². The molecule has 3 aromatic rings. The Bertz CT molecular complexity index is 850. The van der Waals surface area contributed by atoms with Crippen LogP contribution in [0.5, 0.6) is 5.75 Å². The summed E-state index contributed by atoms with van der Waals surface area (Å²) in [6.07, 6.45) is 0.683. The van der Waals surface area contributed by atoms with Gasteiger partial charge in [-0.3, -0.25) is 0 Å². The molecule has 4 nitrogen and oxygen atoms in total. The van der Waals surface area contributed by atoms with Gasteiger partial charge in [0.15, 0.2) is 0 Å². The molecule has 0 spiro atoms. The third-order valence-electron chi connectivity index (χ3n) is 4.05. The summed E-state index contributed by atoms with van der Waals surface area (Å²) in [4.78, 5) is 15.5. The second-order valence-corrected chi connectivity index (χ2v) is 5.45. The van der Waals surface area contributed by atoms with E-state index < -0.39 is 0 Å². The van der Waals surface area contributed by atoms with Crippen molar-refractivity contribution < 1.29 is 14.3 Å². The van der Waals surface area contributed by atoms with Crippen LogP contribution in [-0.2, 0) is 11.2 Å². The molecule has 0 saturated carbocycles. The van der Waals surface area contributed by atoms with Gasteiger partial charge in [0.05, 0.1) is 19.8 Å². The monoisotopic (exact) mass is 309 g/mol. The summed E-state index contributed by atoms with van der Waals surface area (Å²) in [7, 11) is 3.05. The summed E-state index contributed by atoms with van der Waals surface area (Å²) >= 11 is 0. The second-order valence-electron chi connectivity index (χ2n) is 5.45. The molecule has 4 heteroatoms. The molecule has 0 saturated heterocycles.